The Morgan fingerprint density at radius 3 is 2.43 bits per heavy atom. The van der Waals surface area contributed by atoms with Gasteiger partial charge in [-0.15, -0.1) is 0 Å². The van der Waals surface area contributed by atoms with Crippen molar-refractivity contribution < 1.29 is 4.79 Å². The number of nitriles is 1. The summed E-state index contributed by atoms with van der Waals surface area (Å²) in [7, 11) is 0. The van der Waals surface area contributed by atoms with E-state index in [0.717, 1.165) is 45.6 Å². The highest BCUT2D eigenvalue weighted by Gasteiger charge is 2.32. The number of rotatable bonds is 7. The first kappa shape index (κ1) is 16.3. The summed E-state index contributed by atoms with van der Waals surface area (Å²) in [5, 5.41) is 9.23. The Morgan fingerprint density at radius 1 is 1.29 bits per heavy atom. The highest BCUT2D eigenvalue weighted by Crippen LogP contribution is 2.26. The molecule has 0 aromatic carbocycles. The molecule has 1 atom stereocenters. The molecular weight excluding hydrogens is 264 g/mol. The van der Waals surface area contributed by atoms with E-state index in [0.29, 0.717) is 12.6 Å². The van der Waals surface area contributed by atoms with Crippen molar-refractivity contribution in [2.75, 3.05) is 39.3 Å². The number of hydrogen-bond acceptors (Lipinski definition) is 4. The maximum Gasteiger partial charge on any atom is 0.236 e. The molecule has 21 heavy (non-hydrogen) atoms. The summed E-state index contributed by atoms with van der Waals surface area (Å²) in [4.78, 5) is 18.9. The van der Waals surface area contributed by atoms with Crippen LogP contribution in [0.15, 0.2) is 0 Å². The average molecular weight is 292 g/mol. The summed E-state index contributed by atoms with van der Waals surface area (Å²) in [5.41, 5.74) is 0. The third-order valence-corrected chi connectivity index (χ3v) is 4.57. The van der Waals surface area contributed by atoms with Gasteiger partial charge in [-0.05, 0) is 26.2 Å². The van der Waals surface area contributed by atoms with Crippen LogP contribution in [0.5, 0.6) is 0 Å². The maximum absolute atomic E-state index is 12.3. The van der Waals surface area contributed by atoms with Gasteiger partial charge in [0.05, 0.1) is 18.7 Å². The van der Waals surface area contributed by atoms with E-state index in [-0.39, 0.29) is 11.9 Å². The molecule has 2 aliphatic rings. The Kier molecular flexibility index (Phi) is 6.01. The minimum atomic E-state index is 0.0476. The van der Waals surface area contributed by atoms with Gasteiger partial charge in [0.2, 0.25) is 5.91 Å². The van der Waals surface area contributed by atoms with Crippen molar-refractivity contribution in [2.45, 2.75) is 51.6 Å². The lowest BCUT2D eigenvalue weighted by Crippen LogP contribution is -2.52. The number of piperazine rings is 1. The Labute approximate surface area is 128 Å². The number of carbonyl (C=O) groups excluding carboxylic acids is 1. The van der Waals surface area contributed by atoms with Crippen LogP contribution in [0.1, 0.15) is 39.5 Å². The van der Waals surface area contributed by atoms with Gasteiger partial charge in [-0.3, -0.25) is 14.6 Å². The summed E-state index contributed by atoms with van der Waals surface area (Å²) in [5.74, 6) is 0.277. The van der Waals surface area contributed by atoms with Crippen LogP contribution in [0.4, 0.5) is 0 Å². The Balaban J connectivity index is 1.76. The summed E-state index contributed by atoms with van der Waals surface area (Å²) in [6.07, 6.45) is 4.34. The second kappa shape index (κ2) is 7.77. The number of nitrogens with zero attached hydrogens (tertiary/aromatic N) is 4. The Bertz CT molecular complexity index is 380. The molecule has 1 amide bonds. The van der Waals surface area contributed by atoms with Crippen molar-refractivity contribution in [3.63, 3.8) is 0 Å². The van der Waals surface area contributed by atoms with Crippen LogP contribution >= 0.6 is 0 Å². The van der Waals surface area contributed by atoms with E-state index in [1.807, 2.05) is 4.90 Å². The van der Waals surface area contributed by atoms with Gasteiger partial charge < -0.3 is 4.90 Å². The van der Waals surface area contributed by atoms with E-state index in [4.69, 9.17) is 0 Å². The van der Waals surface area contributed by atoms with Crippen LogP contribution in [-0.2, 0) is 4.79 Å². The van der Waals surface area contributed by atoms with Crippen LogP contribution in [0, 0.1) is 11.3 Å². The molecule has 1 saturated carbocycles. The fraction of sp³-hybridized carbons (Fsp3) is 0.875. The molecule has 0 spiro atoms. The van der Waals surface area contributed by atoms with Crippen molar-refractivity contribution >= 4 is 5.91 Å². The number of likely N-dealkylation sites (N-methyl/N-ethyl adjacent to an activating group) is 1. The lowest BCUT2D eigenvalue weighted by Gasteiger charge is -2.37. The number of amides is 1. The van der Waals surface area contributed by atoms with E-state index in [9.17, 15) is 10.1 Å². The molecule has 2 rings (SSSR count). The molecular formula is C16H28N4O. The minimum Gasteiger partial charge on any atom is -0.339 e. The summed E-state index contributed by atoms with van der Waals surface area (Å²) in [6.45, 7) is 9.17. The summed E-state index contributed by atoms with van der Waals surface area (Å²) >= 11 is 0. The van der Waals surface area contributed by atoms with E-state index in [1.54, 1.807) is 0 Å². The highest BCUT2D eigenvalue weighted by molar-refractivity contribution is 5.78. The lowest BCUT2D eigenvalue weighted by atomic mass is 10.1. The third-order valence-electron chi connectivity index (χ3n) is 4.57. The topological polar surface area (TPSA) is 50.6 Å². The number of carbonyl (C=O) groups is 1. The van der Waals surface area contributed by atoms with Crippen molar-refractivity contribution in [2.24, 2.45) is 0 Å². The third kappa shape index (κ3) is 4.42. The molecule has 2 fully saturated rings. The first-order valence-corrected chi connectivity index (χ1v) is 8.35. The van der Waals surface area contributed by atoms with Gasteiger partial charge in [-0.1, -0.05) is 13.3 Å². The fourth-order valence-corrected chi connectivity index (χ4v) is 3.14. The highest BCUT2D eigenvalue weighted by atomic mass is 16.2. The second-order valence-electron chi connectivity index (χ2n) is 6.16. The Hall–Kier alpha value is -1.12. The van der Waals surface area contributed by atoms with E-state index in [1.165, 1.54) is 12.8 Å². The molecule has 1 unspecified atom stereocenters. The van der Waals surface area contributed by atoms with Gasteiger partial charge in [0.25, 0.3) is 0 Å². The van der Waals surface area contributed by atoms with Gasteiger partial charge >= 0.3 is 0 Å². The minimum absolute atomic E-state index is 0.0476. The predicted octanol–water partition coefficient (Wildman–Crippen LogP) is 1.31. The first-order chi connectivity index (χ1) is 10.2. The number of hydrogen-bond donors (Lipinski definition) is 0. The van der Waals surface area contributed by atoms with Crippen LogP contribution in [0.2, 0.25) is 0 Å². The zero-order chi connectivity index (χ0) is 15.2. The maximum atomic E-state index is 12.3. The molecule has 1 aliphatic carbocycles. The molecule has 0 aromatic heterocycles. The summed E-state index contributed by atoms with van der Waals surface area (Å²) in [6, 6.07) is 2.97. The van der Waals surface area contributed by atoms with Crippen molar-refractivity contribution in [1.82, 2.24) is 14.7 Å². The molecule has 1 aliphatic heterocycles. The zero-order valence-electron chi connectivity index (χ0n) is 13.4. The smallest absolute Gasteiger partial charge is 0.236 e. The molecule has 0 radical (unpaired) electrons. The van der Waals surface area contributed by atoms with Crippen molar-refractivity contribution in [1.29, 1.82) is 5.26 Å². The van der Waals surface area contributed by atoms with Crippen LogP contribution in [-0.4, -0.2) is 72.0 Å². The van der Waals surface area contributed by atoms with E-state index < -0.39 is 0 Å². The normalized spacial score (nSPS) is 21.8. The van der Waals surface area contributed by atoms with Crippen molar-refractivity contribution in [3.8, 4) is 6.07 Å². The monoisotopic (exact) mass is 292 g/mol. The van der Waals surface area contributed by atoms with E-state index >= 15 is 0 Å². The molecule has 5 nitrogen and oxygen atoms in total. The molecule has 0 aromatic rings. The molecule has 1 saturated heterocycles. The van der Waals surface area contributed by atoms with Gasteiger partial charge in [0.1, 0.15) is 0 Å². The summed E-state index contributed by atoms with van der Waals surface area (Å²) < 4.78 is 0. The van der Waals surface area contributed by atoms with Crippen LogP contribution < -0.4 is 0 Å². The standard InChI is InChI=1S/C16H28N4O/c1-3-5-15(12-17)19-10-8-18(9-11-19)13-16(21)20(4-2)14-6-7-14/h14-15H,3-11,13H2,1-2H3. The quantitative estimate of drug-likeness (QED) is 0.710. The van der Waals surface area contributed by atoms with Gasteiger partial charge in [-0.25, -0.2) is 0 Å². The van der Waals surface area contributed by atoms with Gasteiger partial charge in [0, 0.05) is 38.8 Å². The molecule has 1 heterocycles. The zero-order valence-corrected chi connectivity index (χ0v) is 13.4. The molecule has 118 valence electrons. The average Bonchev–Trinajstić information content (AvgIpc) is 3.31. The largest absolute Gasteiger partial charge is 0.339 e. The van der Waals surface area contributed by atoms with Gasteiger partial charge in [0.15, 0.2) is 0 Å². The van der Waals surface area contributed by atoms with E-state index in [2.05, 4.69) is 29.7 Å². The first-order valence-electron chi connectivity index (χ1n) is 8.35. The fourth-order valence-electron chi connectivity index (χ4n) is 3.14. The molecule has 0 bridgehead atoms. The predicted molar refractivity (Wildman–Crippen MR) is 82.7 cm³/mol. The van der Waals surface area contributed by atoms with Gasteiger partial charge in [-0.2, -0.15) is 5.26 Å². The molecule has 5 heteroatoms. The van der Waals surface area contributed by atoms with Crippen molar-refractivity contribution in [3.05, 3.63) is 0 Å². The molecule has 0 N–H and O–H groups in total. The lowest BCUT2D eigenvalue weighted by molar-refractivity contribution is -0.133. The van der Waals surface area contributed by atoms with Crippen LogP contribution in [0.3, 0.4) is 0 Å². The van der Waals surface area contributed by atoms with Crippen LogP contribution in [0.25, 0.3) is 0 Å². The second-order valence-corrected chi connectivity index (χ2v) is 6.16. The SMILES string of the molecule is CCCC(C#N)N1CCN(CC(=O)N(CC)C2CC2)CC1. The Morgan fingerprint density at radius 2 is 1.95 bits per heavy atom.